The molecule has 6 heteroatoms. The van der Waals surface area contributed by atoms with E-state index in [0.717, 1.165) is 37.6 Å². The van der Waals surface area contributed by atoms with Gasteiger partial charge in [-0.3, -0.25) is 9.79 Å². The van der Waals surface area contributed by atoms with Crippen LogP contribution in [0.5, 0.6) is 0 Å². The third-order valence-corrected chi connectivity index (χ3v) is 4.94. The predicted octanol–water partition coefficient (Wildman–Crippen LogP) is 2.56. The molecule has 1 heterocycles. The second kappa shape index (κ2) is 10.5. The molecule has 154 valence electrons. The number of aryl methyl sites for hydroxylation is 1. The Morgan fingerprint density at radius 3 is 2.72 bits per heavy atom. The fourth-order valence-corrected chi connectivity index (χ4v) is 3.49. The standard InChI is InChI=1S/C23H31N5O/c1-3-24-23(26-14-13-25-22(29)19-9-7-8-18(2)16-19)27-20-12-15-28(17-20)21-10-5-4-6-11-21/h4-11,16,20H,3,12-15,17H2,1-2H3,(H,25,29)(H2,24,26,27). The van der Waals surface area contributed by atoms with Gasteiger partial charge in [-0.15, -0.1) is 0 Å². The maximum absolute atomic E-state index is 12.2. The number of para-hydroxylation sites is 1. The average molecular weight is 394 g/mol. The number of carbonyl (C=O) groups is 1. The Hall–Kier alpha value is -3.02. The molecule has 1 fully saturated rings. The molecule has 29 heavy (non-hydrogen) atoms. The van der Waals surface area contributed by atoms with E-state index < -0.39 is 0 Å². The van der Waals surface area contributed by atoms with Gasteiger partial charge in [-0.05, 0) is 44.5 Å². The lowest BCUT2D eigenvalue weighted by atomic mass is 10.1. The van der Waals surface area contributed by atoms with Gasteiger partial charge in [0.2, 0.25) is 0 Å². The highest BCUT2D eigenvalue weighted by atomic mass is 16.1. The molecule has 1 aliphatic rings. The van der Waals surface area contributed by atoms with E-state index >= 15 is 0 Å². The van der Waals surface area contributed by atoms with Crippen LogP contribution in [-0.4, -0.2) is 50.6 Å². The lowest BCUT2D eigenvalue weighted by molar-refractivity contribution is 0.0954. The van der Waals surface area contributed by atoms with E-state index in [1.807, 2.05) is 37.3 Å². The Morgan fingerprint density at radius 2 is 1.97 bits per heavy atom. The van der Waals surface area contributed by atoms with Crippen molar-refractivity contribution in [2.45, 2.75) is 26.3 Å². The van der Waals surface area contributed by atoms with Crippen LogP contribution in [0.1, 0.15) is 29.3 Å². The molecule has 0 spiro atoms. The topological polar surface area (TPSA) is 68.8 Å². The van der Waals surface area contributed by atoms with E-state index in [0.29, 0.717) is 24.7 Å². The number of carbonyl (C=O) groups excluding carboxylic acids is 1. The molecule has 3 rings (SSSR count). The summed E-state index contributed by atoms with van der Waals surface area (Å²) in [4.78, 5) is 19.2. The number of aliphatic imine (C=N–C) groups is 1. The summed E-state index contributed by atoms with van der Waals surface area (Å²) in [5.41, 5.74) is 3.03. The Balaban J connectivity index is 1.47. The monoisotopic (exact) mass is 393 g/mol. The highest BCUT2D eigenvalue weighted by Gasteiger charge is 2.23. The van der Waals surface area contributed by atoms with E-state index in [2.05, 4.69) is 57.0 Å². The Kier molecular flexibility index (Phi) is 7.50. The number of anilines is 1. The summed E-state index contributed by atoms with van der Waals surface area (Å²) in [5, 5.41) is 9.76. The fraction of sp³-hybridized carbons (Fsp3) is 0.391. The number of rotatable bonds is 7. The van der Waals surface area contributed by atoms with Crippen molar-refractivity contribution in [3.63, 3.8) is 0 Å². The van der Waals surface area contributed by atoms with Crippen LogP contribution in [0, 0.1) is 6.92 Å². The number of hydrogen-bond donors (Lipinski definition) is 3. The molecule has 1 unspecified atom stereocenters. The molecule has 1 atom stereocenters. The quantitative estimate of drug-likeness (QED) is 0.384. The summed E-state index contributed by atoms with van der Waals surface area (Å²) >= 11 is 0. The first kappa shape index (κ1) is 20.7. The Morgan fingerprint density at radius 1 is 1.14 bits per heavy atom. The minimum Gasteiger partial charge on any atom is -0.369 e. The minimum absolute atomic E-state index is 0.0591. The normalized spacial score (nSPS) is 16.6. The number of amides is 1. The van der Waals surface area contributed by atoms with Crippen LogP contribution in [-0.2, 0) is 0 Å². The summed E-state index contributed by atoms with van der Waals surface area (Å²) in [5.74, 6) is 0.744. The maximum atomic E-state index is 12.2. The highest BCUT2D eigenvalue weighted by Crippen LogP contribution is 2.19. The van der Waals surface area contributed by atoms with Gasteiger partial charge in [-0.2, -0.15) is 0 Å². The molecule has 2 aromatic carbocycles. The van der Waals surface area contributed by atoms with Crippen LogP contribution in [0.25, 0.3) is 0 Å². The number of nitrogens with zero attached hydrogens (tertiary/aromatic N) is 2. The minimum atomic E-state index is -0.0591. The third kappa shape index (κ3) is 6.24. The molecule has 1 amide bonds. The van der Waals surface area contributed by atoms with Crippen molar-refractivity contribution < 1.29 is 4.79 Å². The summed E-state index contributed by atoms with van der Waals surface area (Å²) in [6, 6.07) is 18.5. The third-order valence-electron chi connectivity index (χ3n) is 4.94. The van der Waals surface area contributed by atoms with E-state index in [-0.39, 0.29) is 5.91 Å². The second-order valence-electron chi connectivity index (χ2n) is 7.30. The van der Waals surface area contributed by atoms with Crippen molar-refractivity contribution in [3.05, 3.63) is 65.7 Å². The second-order valence-corrected chi connectivity index (χ2v) is 7.30. The SMILES string of the molecule is CCNC(=NCCNC(=O)c1cccc(C)c1)NC1CCN(c2ccccc2)C1. The van der Waals surface area contributed by atoms with E-state index in [1.54, 1.807) is 0 Å². The van der Waals surface area contributed by atoms with Gasteiger partial charge in [0.15, 0.2) is 5.96 Å². The number of nitrogens with one attached hydrogen (secondary N) is 3. The zero-order chi connectivity index (χ0) is 20.5. The van der Waals surface area contributed by atoms with Gasteiger partial charge in [-0.1, -0.05) is 35.9 Å². The van der Waals surface area contributed by atoms with Gasteiger partial charge >= 0.3 is 0 Å². The van der Waals surface area contributed by atoms with Gasteiger partial charge in [0.1, 0.15) is 0 Å². The van der Waals surface area contributed by atoms with Gasteiger partial charge in [0.05, 0.1) is 6.54 Å². The predicted molar refractivity (Wildman–Crippen MR) is 120 cm³/mol. The van der Waals surface area contributed by atoms with E-state index in [1.165, 1.54) is 5.69 Å². The van der Waals surface area contributed by atoms with Gasteiger partial charge in [0.25, 0.3) is 5.91 Å². The first-order valence-corrected chi connectivity index (χ1v) is 10.4. The molecule has 1 saturated heterocycles. The Bertz CT molecular complexity index is 821. The van der Waals surface area contributed by atoms with E-state index in [4.69, 9.17) is 0 Å². The summed E-state index contributed by atoms with van der Waals surface area (Å²) in [6.07, 6.45) is 1.07. The van der Waals surface area contributed by atoms with Crippen molar-refractivity contribution in [3.8, 4) is 0 Å². The van der Waals surface area contributed by atoms with Gasteiger partial charge < -0.3 is 20.9 Å². The van der Waals surface area contributed by atoms with Crippen molar-refractivity contribution in [1.82, 2.24) is 16.0 Å². The molecule has 3 N–H and O–H groups in total. The van der Waals surface area contributed by atoms with Crippen LogP contribution in [0.15, 0.2) is 59.6 Å². The van der Waals surface area contributed by atoms with Crippen molar-refractivity contribution in [2.75, 3.05) is 37.6 Å². The molecular formula is C23H31N5O. The molecule has 0 aromatic heterocycles. The molecule has 0 radical (unpaired) electrons. The van der Waals surface area contributed by atoms with Crippen LogP contribution < -0.4 is 20.9 Å². The van der Waals surface area contributed by atoms with E-state index in [9.17, 15) is 4.79 Å². The first-order chi connectivity index (χ1) is 14.2. The van der Waals surface area contributed by atoms with Crippen LogP contribution in [0.2, 0.25) is 0 Å². The smallest absolute Gasteiger partial charge is 0.251 e. The number of benzene rings is 2. The van der Waals surface area contributed by atoms with Crippen LogP contribution >= 0.6 is 0 Å². The molecule has 0 saturated carbocycles. The zero-order valence-corrected chi connectivity index (χ0v) is 17.3. The summed E-state index contributed by atoms with van der Waals surface area (Å²) in [6.45, 7) is 7.87. The molecule has 0 aliphatic carbocycles. The van der Waals surface area contributed by atoms with Crippen LogP contribution in [0.3, 0.4) is 0 Å². The lowest BCUT2D eigenvalue weighted by Crippen LogP contribution is -2.45. The van der Waals surface area contributed by atoms with Gasteiger partial charge in [-0.25, -0.2) is 0 Å². The highest BCUT2D eigenvalue weighted by molar-refractivity contribution is 5.94. The van der Waals surface area contributed by atoms with Crippen molar-refractivity contribution in [2.24, 2.45) is 4.99 Å². The molecule has 6 nitrogen and oxygen atoms in total. The van der Waals surface area contributed by atoms with Gasteiger partial charge in [0, 0.05) is 43.5 Å². The maximum Gasteiger partial charge on any atom is 0.251 e. The average Bonchev–Trinajstić information content (AvgIpc) is 3.20. The molecular weight excluding hydrogens is 362 g/mol. The summed E-state index contributed by atoms with van der Waals surface area (Å²) < 4.78 is 0. The fourth-order valence-electron chi connectivity index (χ4n) is 3.49. The van der Waals surface area contributed by atoms with Crippen molar-refractivity contribution in [1.29, 1.82) is 0 Å². The first-order valence-electron chi connectivity index (χ1n) is 10.4. The summed E-state index contributed by atoms with van der Waals surface area (Å²) in [7, 11) is 0. The molecule has 0 bridgehead atoms. The lowest BCUT2D eigenvalue weighted by Gasteiger charge is -2.20. The largest absolute Gasteiger partial charge is 0.369 e. The number of guanidine groups is 1. The number of hydrogen-bond acceptors (Lipinski definition) is 3. The molecule has 1 aliphatic heterocycles. The van der Waals surface area contributed by atoms with Crippen molar-refractivity contribution >= 4 is 17.6 Å². The Labute approximate surface area is 173 Å². The molecule has 2 aromatic rings. The zero-order valence-electron chi connectivity index (χ0n) is 17.3. The van der Waals surface area contributed by atoms with Crippen LogP contribution in [0.4, 0.5) is 5.69 Å².